The molecule has 0 spiro atoms. The van der Waals surface area contributed by atoms with Crippen LogP contribution in [0.2, 0.25) is 0 Å². The number of anilines is 1. The quantitative estimate of drug-likeness (QED) is 0.288. The monoisotopic (exact) mass is 300 g/mol. The lowest BCUT2D eigenvalue weighted by Gasteiger charge is -2.21. The molecule has 20 heavy (non-hydrogen) atoms. The molecule has 8 heteroatoms. The van der Waals surface area contributed by atoms with Gasteiger partial charge in [-0.25, -0.2) is 0 Å². The van der Waals surface area contributed by atoms with Gasteiger partial charge in [0.15, 0.2) is 5.84 Å². The molecule has 0 fully saturated rings. The fraction of sp³-hybridized carbons (Fsp3) is 0.417. The zero-order valence-electron chi connectivity index (χ0n) is 11.9. The second kappa shape index (κ2) is 5.68. The van der Waals surface area contributed by atoms with Crippen LogP contribution in [-0.4, -0.2) is 25.0 Å². The maximum Gasteiger partial charge on any atom is 0.299 e. The second-order valence-electron chi connectivity index (χ2n) is 5.47. The van der Waals surface area contributed by atoms with E-state index in [1.807, 2.05) is 0 Å². The Morgan fingerprint density at radius 1 is 1.35 bits per heavy atom. The van der Waals surface area contributed by atoms with E-state index in [-0.39, 0.29) is 5.84 Å². The molecular formula is C12H20N4O3S. The van der Waals surface area contributed by atoms with Crippen LogP contribution in [0.1, 0.15) is 31.9 Å². The van der Waals surface area contributed by atoms with Crippen LogP contribution >= 0.6 is 0 Å². The smallest absolute Gasteiger partial charge is 0.299 e. The summed E-state index contributed by atoms with van der Waals surface area (Å²) >= 11 is 0. The molecule has 0 unspecified atom stereocenters. The van der Waals surface area contributed by atoms with Crippen molar-refractivity contribution in [1.29, 1.82) is 0 Å². The summed E-state index contributed by atoms with van der Waals surface area (Å²) in [4.78, 5) is 0. The van der Waals surface area contributed by atoms with Gasteiger partial charge in [0.25, 0.3) is 10.2 Å². The Morgan fingerprint density at radius 3 is 2.45 bits per heavy atom. The van der Waals surface area contributed by atoms with E-state index in [0.29, 0.717) is 11.3 Å². The third kappa shape index (κ3) is 4.71. The zero-order chi connectivity index (χ0) is 15.6. The van der Waals surface area contributed by atoms with Gasteiger partial charge in [-0.2, -0.15) is 13.1 Å². The second-order valence-corrected chi connectivity index (χ2v) is 6.89. The topological polar surface area (TPSA) is 117 Å². The molecule has 112 valence electrons. The third-order valence-corrected chi connectivity index (χ3v) is 3.70. The SMILES string of the molecule is Cc1ccc(/C(N)=N/O)cc1NS(=O)(=O)NC(C)(C)C. The van der Waals surface area contributed by atoms with E-state index in [1.54, 1.807) is 39.8 Å². The fourth-order valence-corrected chi connectivity index (χ4v) is 2.89. The number of nitrogens with one attached hydrogen (secondary N) is 2. The van der Waals surface area contributed by atoms with Crippen molar-refractivity contribution in [3.63, 3.8) is 0 Å². The molecule has 7 nitrogen and oxygen atoms in total. The van der Waals surface area contributed by atoms with Gasteiger partial charge in [0, 0.05) is 11.1 Å². The average molecular weight is 300 g/mol. The Morgan fingerprint density at radius 2 is 1.95 bits per heavy atom. The summed E-state index contributed by atoms with van der Waals surface area (Å²) in [7, 11) is -3.71. The van der Waals surface area contributed by atoms with Crippen molar-refractivity contribution in [2.75, 3.05) is 4.72 Å². The van der Waals surface area contributed by atoms with Gasteiger partial charge in [0.05, 0.1) is 5.69 Å². The van der Waals surface area contributed by atoms with E-state index in [0.717, 1.165) is 5.56 Å². The molecule has 1 rings (SSSR count). The van der Waals surface area contributed by atoms with Gasteiger partial charge >= 0.3 is 0 Å². The average Bonchev–Trinajstić information content (AvgIpc) is 2.27. The standard InChI is InChI=1S/C12H20N4O3S/c1-8-5-6-9(11(13)14-17)7-10(8)15-20(18,19)16-12(2,3)4/h5-7,15-17H,1-4H3,(H2,13,14). The molecule has 1 aromatic rings. The van der Waals surface area contributed by atoms with Crippen molar-refractivity contribution < 1.29 is 13.6 Å². The Bertz CT molecular complexity index is 618. The molecule has 0 saturated carbocycles. The van der Waals surface area contributed by atoms with Crippen molar-refractivity contribution in [3.8, 4) is 0 Å². The van der Waals surface area contributed by atoms with Crippen LogP contribution in [0.3, 0.4) is 0 Å². The van der Waals surface area contributed by atoms with E-state index in [9.17, 15) is 8.42 Å². The van der Waals surface area contributed by atoms with Crippen LogP contribution in [0.25, 0.3) is 0 Å². The first-order valence-electron chi connectivity index (χ1n) is 5.94. The number of hydrogen-bond acceptors (Lipinski definition) is 4. The van der Waals surface area contributed by atoms with Crippen molar-refractivity contribution >= 4 is 21.7 Å². The van der Waals surface area contributed by atoms with Crippen LogP contribution in [0.4, 0.5) is 5.69 Å². The lowest BCUT2D eigenvalue weighted by atomic mass is 10.1. The van der Waals surface area contributed by atoms with Gasteiger partial charge < -0.3 is 10.9 Å². The zero-order valence-corrected chi connectivity index (χ0v) is 12.7. The molecule has 0 aliphatic carbocycles. The summed E-state index contributed by atoms with van der Waals surface area (Å²) in [5.74, 6) is -0.0887. The van der Waals surface area contributed by atoms with Gasteiger partial charge in [0.1, 0.15) is 0 Å². The first kappa shape index (κ1) is 16.3. The van der Waals surface area contributed by atoms with Crippen molar-refractivity contribution in [1.82, 2.24) is 4.72 Å². The van der Waals surface area contributed by atoms with Crippen LogP contribution in [-0.2, 0) is 10.2 Å². The number of nitrogens with two attached hydrogens (primary N) is 1. The predicted octanol–water partition coefficient (Wildman–Crippen LogP) is 1.13. The molecule has 0 amide bonds. The Hall–Kier alpha value is -1.80. The maximum atomic E-state index is 12.0. The fourth-order valence-electron chi connectivity index (χ4n) is 1.52. The maximum absolute atomic E-state index is 12.0. The number of nitrogens with zero attached hydrogens (tertiary/aromatic N) is 1. The van der Waals surface area contributed by atoms with Crippen LogP contribution in [0.15, 0.2) is 23.4 Å². The first-order valence-corrected chi connectivity index (χ1v) is 7.43. The molecule has 0 aliphatic heterocycles. The highest BCUT2D eigenvalue weighted by atomic mass is 32.2. The molecule has 0 aliphatic rings. The van der Waals surface area contributed by atoms with Gasteiger partial charge in [-0.1, -0.05) is 17.3 Å². The van der Waals surface area contributed by atoms with Crippen molar-refractivity contribution in [2.45, 2.75) is 33.2 Å². The Balaban J connectivity index is 3.09. The van der Waals surface area contributed by atoms with E-state index >= 15 is 0 Å². The predicted molar refractivity (Wildman–Crippen MR) is 79.1 cm³/mol. The highest BCUT2D eigenvalue weighted by Crippen LogP contribution is 2.18. The van der Waals surface area contributed by atoms with Crippen LogP contribution in [0, 0.1) is 6.92 Å². The van der Waals surface area contributed by atoms with Gasteiger partial charge in [0.2, 0.25) is 0 Å². The number of benzene rings is 1. The Labute approximate surface area is 119 Å². The number of hydrogen-bond donors (Lipinski definition) is 4. The summed E-state index contributed by atoms with van der Waals surface area (Å²) in [5, 5.41) is 11.5. The lowest BCUT2D eigenvalue weighted by Crippen LogP contribution is -2.43. The van der Waals surface area contributed by atoms with E-state index in [1.165, 1.54) is 6.07 Å². The minimum atomic E-state index is -3.71. The van der Waals surface area contributed by atoms with E-state index < -0.39 is 15.7 Å². The van der Waals surface area contributed by atoms with E-state index in [2.05, 4.69) is 14.6 Å². The van der Waals surface area contributed by atoms with Crippen molar-refractivity contribution in [3.05, 3.63) is 29.3 Å². The Kier molecular flexibility index (Phi) is 4.61. The van der Waals surface area contributed by atoms with Gasteiger partial charge in [-0.3, -0.25) is 4.72 Å². The molecule has 0 heterocycles. The number of amidine groups is 1. The van der Waals surface area contributed by atoms with Crippen LogP contribution in [0.5, 0.6) is 0 Å². The molecule has 5 N–H and O–H groups in total. The molecule has 0 saturated heterocycles. The largest absolute Gasteiger partial charge is 0.409 e. The molecular weight excluding hydrogens is 280 g/mol. The summed E-state index contributed by atoms with van der Waals surface area (Å²) in [6.07, 6.45) is 0. The summed E-state index contributed by atoms with van der Waals surface area (Å²) in [6.45, 7) is 6.98. The summed E-state index contributed by atoms with van der Waals surface area (Å²) in [5.41, 5.74) is 6.40. The molecule has 0 radical (unpaired) electrons. The summed E-state index contributed by atoms with van der Waals surface area (Å²) in [6, 6.07) is 4.83. The van der Waals surface area contributed by atoms with Gasteiger partial charge in [-0.15, -0.1) is 0 Å². The molecule has 0 aromatic heterocycles. The van der Waals surface area contributed by atoms with Crippen molar-refractivity contribution in [2.24, 2.45) is 10.9 Å². The third-order valence-electron chi connectivity index (χ3n) is 2.33. The minimum absolute atomic E-state index is 0.0887. The minimum Gasteiger partial charge on any atom is -0.409 e. The highest BCUT2D eigenvalue weighted by molar-refractivity contribution is 7.90. The number of aryl methyl sites for hydroxylation is 1. The number of rotatable bonds is 4. The highest BCUT2D eigenvalue weighted by Gasteiger charge is 2.20. The van der Waals surface area contributed by atoms with Crippen LogP contribution < -0.4 is 15.2 Å². The molecule has 1 aromatic carbocycles. The first-order chi connectivity index (χ1) is 9.04. The normalized spacial score (nSPS) is 13.3. The van der Waals surface area contributed by atoms with E-state index in [4.69, 9.17) is 10.9 Å². The molecule has 0 atom stereocenters. The number of oxime groups is 1. The lowest BCUT2D eigenvalue weighted by molar-refractivity contribution is 0.318. The van der Waals surface area contributed by atoms with Gasteiger partial charge in [-0.05, 0) is 39.3 Å². The molecule has 0 bridgehead atoms. The summed E-state index contributed by atoms with van der Waals surface area (Å²) < 4.78 is 28.9.